The number of pyridine rings is 1. The smallest absolute Gasteiger partial charge is 0.251 e. The van der Waals surface area contributed by atoms with Crippen molar-refractivity contribution in [2.24, 2.45) is 7.05 Å². The van der Waals surface area contributed by atoms with Crippen LogP contribution in [0.25, 0.3) is 22.0 Å². The minimum Gasteiger partial charge on any atom is -0.355 e. The molecular weight excluding hydrogens is 546 g/mol. The van der Waals surface area contributed by atoms with E-state index >= 15 is 0 Å². The number of nitrogens with zero attached hydrogens (tertiary/aromatic N) is 4. The number of carbonyl (C=O) groups is 1. The van der Waals surface area contributed by atoms with Gasteiger partial charge in [-0.15, -0.1) is 0 Å². The molecule has 0 bridgehead atoms. The Balaban J connectivity index is 1.23. The molecule has 1 aliphatic rings. The number of fused-ring (bicyclic) bond motifs is 2. The van der Waals surface area contributed by atoms with Crippen molar-refractivity contribution < 1.29 is 4.79 Å². The summed E-state index contributed by atoms with van der Waals surface area (Å²) in [5.41, 5.74) is 6.84. The van der Waals surface area contributed by atoms with Crippen molar-refractivity contribution in [2.75, 3.05) is 5.32 Å². The Morgan fingerprint density at radius 1 is 0.714 bits per heavy atom. The van der Waals surface area contributed by atoms with Crippen molar-refractivity contribution in [1.82, 2.24) is 19.5 Å². The van der Waals surface area contributed by atoms with Crippen LogP contribution in [-0.4, -0.2) is 25.3 Å². The third kappa shape index (κ3) is 4.63. The second-order valence-corrected chi connectivity index (χ2v) is 10.7. The average Bonchev–Trinajstić information content (AvgIpc) is 2.98. The lowest BCUT2D eigenvalue weighted by atomic mass is 9.83. The molecule has 0 unspecified atom stereocenters. The van der Waals surface area contributed by atoms with Gasteiger partial charge in [0.2, 0.25) is 5.28 Å². The lowest BCUT2D eigenvalue weighted by molar-refractivity contribution is 0.104. The number of hydrogen-bond donors (Lipinski definition) is 1. The molecule has 1 N–H and O–H groups in total. The van der Waals surface area contributed by atoms with E-state index in [-0.39, 0.29) is 16.6 Å². The molecule has 6 aromatic rings. The van der Waals surface area contributed by atoms with Crippen molar-refractivity contribution in [2.45, 2.75) is 12.8 Å². The Labute approximate surface area is 246 Å². The summed E-state index contributed by atoms with van der Waals surface area (Å²) in [6.07, 6.45) is 1.02. The van der Waals surface area contributed by atoms with Gasteiger partial charge in [0, 0.05) is 42.6 Å². The molecule has 0 spiro atoms. The molecule has 2 heterocycles. The molecule has 0 atom stereocenters. The molecule has 0 radical (unpaired) electrons. The van der Waals surface area contributed by atoms with Gasteiger partial charge >= 0.3 is 0 Å². The number of anilines is 2. The first kappa shape index (κ1) is 25.8. The minimum absolute atomic E-state index is 0.0771. The standard InChI is InChI=1S/C34H24ClN5O2/c1-40-27-15-14-26(32-31(27)25(19-30(40)41)23-12-5-6-13-24(23)33(32)42)36-22-11-7-10-21(16-22)18-29-37-28(38-34(35)39-29)17-20-8-3-2-4-9-20/h2-16,19,36H,17-18H2,1H3. The Morgan fingerprint density at radius 2 is 1.40 bits per heavy atom. The number of hydrogen-bond acceptors (Lipinski definition) is 6. The first-order valence-corrected chi connectivity index (χ1v) is 13.9. The number of ketones is 1. The van der Waals surface area contributed by atoms with E-state index in [1.165, 1.54) is 0 Å². The maximum Gasteiger partial charge on any atom is 0.251 e. The van der Waals surface area contributed by atoms with Gasteiger partial charge in [-0.3, -0.25) is 9.59 Å². The number of carbonyl (C=O) groups excluding carboxylic acids is 1. The van der Waals surface area contributed by atoms with Crippen LogP contribution in [0.3, 0.4) is 0 Å². The fourth-order valence-corrected chi connectivity index (χ4v) is 5.82. The molecule has 8 heteroatoms. The highest BCUT2D eigenvalue weighted by Crippen LogP contribution is 2.42. The van der Waals surface area contributed by atoms with Crippen LogP contribution in [0.1, 0.15) is 38.7 Å². The minimum atomic E-state index is -0.119. The van der Waals surface area contributed by atoms with E-state index in [1.807, 2.05) is 91.0 Å². The van der Waals surface area contributed by atoms with Crippen molar-refractivity contribution in [1.29, 1.82) is 0 Å². The first-order chi connectivity index (χ1) is 20.4. The van der Waals surface area contributed by atoms with E-state index in [1.54, 1.807) is 17.7 Å². The van der Waals surface area contributed by atoms with Gasteiger partial charge in [-0.05, 0) is 58.1 Å². The topological polar surface area (TPSA) is 89.8 Å². The average molecular weight is 570 g/mol. The number of halogens is 1. The monoisotopic (exact) mass is 569 g/mol. The highest BCUT2D eigenvalue weighted by Gasteiger charge is 2.29. The summed E-state index contributed by atoms with van der Waals surface area (Å²) < 4.78 is 1.58. The van der Waals surface area contributed by atoms with Gasteiger partial charge in [-0.1, -0.05) is 66.7 Å². The normalized spacial score (nSPS) is 11.9. The van der Waals surface area contributed by atoms with Crippen molar-refractivity contribution in [3.05, 3.63) is 147 Å². The molecule has 0 aliphatic heterocycles. The van der Waals surface area contributed by atoms with Crippen LogP contribution in [0.15, 0.2) is 102 Å². The van der Waals surface area contributed by atoms with Crippen molar-refractivity contribution in [3.63, 3.8) is 0 Å². The number of benzene rings is 4. The van der Waals surface area contributed by atoms with Crippen LogP contribution in [0.5, 0.6) is 0 Å². The fourth-order valence-electron chi connectivity index (χ4n) is 5.63. The molecule has 0 saturated heterocycles. The van der Waals surface area contributed by atoms with E-state index in [2.05, 4.69) is 20.3 Å². The van der Waals surface area contributed by atoms with Crippen molar-refractivity contribution >= 4 is 39.7 Å². The maximum atomic E-state index is 13.8. The number of nitrogens with one attached hydrogen (secondary N) is 1. The molecular formula is C34H24ClN5O2. The SMILES string of the molecule is Cn1c(=O)cc2c3c(c(Nc4cccc(Cc5nc(Cl)nc(Cc6ccccc6)n5)c4)ccc31)C(=O)c1ccccc1-2. The summed E-state index contributed by atoms with van der Waals surface area (Å²) in [5, 5.41) is 4.40. The van der Waals surface area contributed by atoms with Gasteiger partial charge in [-0.25, -0.2) is 15.0 Å². The largest absolute Gasteiger partial charge is 0.355 e. The first-order valence-electron chi connectivity index (χ1n) is 13.5. The Hall–Kier alpha value is -5.14. The van der Waals surface area contributed by atoms with Crippen LogP contribution >= 0.6 is 11.6 Å². The van der Waals surface area contributed by atoms with Gasteiger partial charge in [-0.2, -0.15) is 0 Å². The Kier molecular flexibility index (Phi) is 6.36. The van der Waals surface area contributed by atoms with E-state index in [9.17, 15) is 9.59 Å². The lowest BCUT2D eigenvalue weighted by Gasteiger charge is -2.23. The molecule has 0 amide bonds. The molecule has 42 heavy (non-hydrogen) atoms. The fraction of sp³-hybridized carbons (Fsp3) is 0.0882. The van der Waals surface area contributed by atoms with E-state index in [0.29, 0.717) is 46.8 Å². The molecule has 0 saturated carbocycles. The molecule has 1 aliphatic carbocycles. The molecule has 2 aromatic heterocycles. The molecule has 4 aromatic carbocycles. The van der Waals surface area contributed by atoms with Crippen LogP contribution in [0.2, 0.25) is 5.28 Å². The summed E-state index contributed by atoms with van der Waals surface area (Å²) in [5.74, 6) is 1.12. The van der Waals surface area contributed by atoms with Crippen LogP contribution in [0, 0.1) is 0 Å². The van der Waals surface area contributed by atoms with Gasteiger partial charge in [0.05, 0.1) is 16.8 Å². The summed E-state index contributed by atoms with van der Waals surface area (Å²) in [6, 6.07) is 30.7. The Bertz CT molecular complexity index is 2090. The predicted octanol–water partition coefficient (Wildman–Crippen LogP) is 6.51. The Morgan fingerprint density at radius 3 is 2.19 bits per heavy atom. The molecule has 7 nitrogen and oxygen atoms in total. The summed E-state index contributed by atoms with van der Waals surface area (Å²) >= 11 is 6.26. The second-order valence-electron chi connectivity index (χ2n) is 10.3. The summed E-state index contributed by atoms with van der Waals surface area (Å²) in [4.78, 5) is 40.0. The van der Waals surface area contributed by atoms with Gasteiger partial charge in [0.1, 0.15) is 11.6 Å². The second kappa shape index (κ2) is 10.4. The van der Waals surface area contributed by atoms with E-state index in [4.69, 9.17) is 11.6 Å². The highest BCUT2D eigenvalue weighted by molar-refractivity contribution is 6.28. The quantitative estimate of drug-likeness (QED) is 0.245. The zero-order valence-corrected chi connectivity index (χ0v) is 23.4. The molecule has 0 fully saturated rings. The lowest BCUT2D eigenvalue weighted by Crippen LogP contribution is -2.21. The van der Waals surface area contributed by atoms with Gasteiger partial charge in [0.15, 0.2) is 5.78 Å². The summed E-state index contributed by atoms with van der Waals surface area (Å²) in [6.45, 7) is 0. The zero-order valence-electron chi connectivity index (χ0n) is 22.6. The van der Waals surface area contributed by atoms with Crippen molar-refractivity contribution in [3.8, 4) is 11.1 Å². The van der Waals surface area contributed by atoms with Crippen LogP contribution < -0.4 is 10.9 Å². The third-order valence-electron chi connectivity index (χ3n) is 7.58. The zero-order chi connectivity index (χ0) is 28.8. The number of aromatic nitrogens is 4. The van der Waals surface area contributed by atoms with E-state index < -0.39 is 0 Å². The highest BCUT2D eigenvalue weighted by atomic mass is 35.5. The molecule has 7 rings (SSSR count). The van der Waals surface area contributed by atoms with Gasteiger partial charge in [0.25, 0.3) is 5.56 Å². The third-order valence-corrected chi connectivity index (χ3v) is 7.74. The van der Waals surface area contributed by atoms with Crippen LogP contribution in [-0.2, 0) is 19.9 Å². The predicted molar refractivity (Wildman–Crippen MR) is 165 cm³/mol. The van der Waals surface area contributed by atoms with E-state index in [0.717, 1.165) is 33.3 Å². The molecule has 204 valence electrons. The van der Waals surface area contributed by atoms with Gasteiger partial charge < -0.3 is 9.88 Å². The van der Waals surface area contributed by atoms with Crippen LogP contribution in [0.4, 0.5) is 11.4 Å². The maximum absolute atomic E-state index is 13.8. The number of rotatable bonds is 6. The number of aryl methyl sites for hydroxylation is 1. The summed E-state index contributed by atoms with van der Waals surface area (Å²) in [7, 11) is 1.73.